The van der Waals surface area contributed by atoms with Crippen molar-refractivity contribution in [1.82, 2.24) is 5.32 Å². The number of hydrogen-bond acceptors (Lipinski definition) is 2. The highest BCUT2D eigenvalue weighted by Crippen LogP contribution is 2.13. The fourth-order valence-corrected chi connectivity index (χ4v) is 1.69. The van der Waals surface area contributed by atoms with Gasteiger partial charge < -0.3 is 10.1 Å². The van der Waals surface area contributed by atoms with Crippen molar-refractivity contribution in [1.29, 1.82) is 0 Å². The van der Waals surface area contributed by atoms with Gasteiger partial charge in [0.15, 0.2) is 0 Å². The number of ether oxygens (including phenoxy) is 1. The van der Waals surface area contributed by atoms with E-state index in [1.54, 1.807) is 7.11 Å². The molecule has 0 aliphatic rings. The third kappa shape index (κ3) is 5.21. The molecule has 1 aromatic carbocycles. The molecule has 0 heterocycles. The smallest absolute Gasteiger partial charge is 0.220 e. The molecule has 0 bridgehead atoms. The first-order valence-corrected chi connectivity index (χ1v) is 6.58. The van der Waals surface area contributed by atoms with Gasteiger partial charge in [0, 0.05) is 12.5 Å². The van der Waals surface area contributed by atoms with Crippen molar-refractivity contribution in [3.63, 3.8) is 0 Å². The van der Waals surface area contributed by atoms with Gasteiger partial charge in [-0.3, -0.25) is 4.79 Å². The van der Waals surface area contributed by atoms with Gasteiger partial charge in [-0.15, -0.1) is 0 Å². The van der Waals surface area contributed by atoms with Gasteiger partial charge in [-0.1, -0.05) is 19.1 Å². The van der Waals surface area contributed by atoms with Crippen molar-refractivity contribution in [2.24, 2.45) is 0 Å². The van der Waals surface area contributed by atoms with Crippen LogP contribution in [0.25, 0.3) is 0 Å². The minimum absolute atomic E-state index is 0.151. The van der Waals surface area contributed by atoms with Crippen LogP contribution in [0.15, 0.2) is 24.3 Å². The normalized spacial score (nSPS) is 11.9. The van der Waals surface area contributed by atoms with Crippen molar-refractivity contribution in [3.8, 4) is 5.75 Å². The van der Waals surface area contributed by atoms with Gasteiger partial charge in [-0.25, -0.2) is 0 Å². The van der Waals surface area contributed by atoms with Crippen LogP contribution >= 0.6 is 0 Å². The second-order valence-corrected chi connectivity index (χ2v) is 4.58. The summed E-state index contributed by atoms with van der Waals surface area (Å²) in [6.07, 6.45) is 3.38. The van der Waals surface area contributed by atoms with Gasteiger partial charge in [-0.2, -0.15) is 0 Å². The van der Waals surface area contributed by atoms with E-state index in [-0.39, 0.29) is 11.9 Å². The number of rotatable bonds is 7. The molecule has 0 aliphatic heterocycles. The first-order valence-electron chi connectivity index (χ1n) is 6.58. The van der Waals surface area contributed by atoms with E-state index in [1.807, 2.05) is 31.2 Å². The van der Waals surface area contributed by atoms with Gasteiger partial charge in [-0.05, 0) is 43.9 Å². The molecule has 3 heteroatoms. The van der Waals surface area contributed by atoms with Crippen molar-refractivity contribution in [2.45, 2.75) is 45.6 Å². The molecule has 1 rings (SSSR count). The Morgan fingerprint density at radius 2 is 2.00 bits per heavy atom. The summed E-state index contributed by atoms with van der Waals surface area (Å²) in [5.41, 5.74) is 1.24. The maximum atomic E-state index is 11.6. The molecule has 1 aromatic rings. The van der Waals surface area contributed by atoms with Crippen molar-refractivity contribution in [3.05, 3.63) is 29.8 Å². The van der Waals surface area contributed by atoms with E-state index in [0.717, 1.165) is 25.0 Å². The molecule has 0 fully saturated rings. The van der Waals surface area contributed by atoms with Crippen LogP contribution in [0.1, 0.15) is 38.7 Å². The SMILES string of the molecule is CC[C@H](C)NC(=O)CCCc1ccc(OC)cc1. The second-order valence-electron chi connectivity index (χ2n) is 4.58. The van der Waals surface area contributed by atoms with Gasteiger partial charge in [0.1, 0.15) is 5.75 Å². The maximum absolute atomic E-state index is 11.6. The largest absolute Gasteiger partial charge is 0.497 e. The predicted octanol–water partition coefficient (Wildman–Crippen LogP) is 2.93. The van der Waals surface area contributed by atoms with Gasteiger partial charge in [0.25, 0.3) is 0 Å². The summed E-state index contributed by atoms with van der Waals surface area (Å²) in [5.74, 6) is 1.02. The van der Waals surface area contributed by atoms with E-state index in [1.165, 1.54) is 5.56 Å². The fourth-order valence-electron chi connectivity index (χ4n) is 1.69. The molecule has 3 nitrogen and oxygen atoms in total. The van der Waals surface area contributed by atoms with E-state index in [4.69, 9.17) is 4.74 Å². The van der Waals surface area contributed by atoms with E-state index < -0.39 is 0 Å². The summed E-state index contributed by atoms with van der Waals surface area (Å²) in [6.45, 7) is 4.10. The van der Waals surface area contributed by atoms with Crippen LogP contribution in [0.3, 0.4) is 0 Å². The second kappa shape index (κ2) is 7.75. The molecule has 0 aromatic heterocycles. The van der Waals surface area contributed by atoms with Crippen molar-refractivity contribution >= 4 is 5.91 Å². The molecular weight excluding hydrogens is 226 g/mol. The molecule has 18 heavy (non-hydrogen) atoms. The summed E-state index contributed by atoms with van der Waals surface area (Å²) in [4.78, 5) is 11.6. The first kappa shape index (κ1) is 14.6. The van der Waals surface area contributed by atoms with Crippen LogP contribution in [0, 0.1) is 0 Å². The summed E-state index contributed by atoms with van der Waals surface area (Å²) >= 11 is 0. The summed E-state index contributed by atoms with van der Waals surface area (Å²) in [7, 11) is 1.66. The van der Waals surface area contributed by atoms with Crippen LogP contribution in [0.5, 0.6) is 5.75 Å². The predicted molar refractivity (Wildman–Crippen MR) is 73.8 cm³/mol. The lowest BCUT2D eigenvalue weighted by Gasteiger charge is -2.11. The van der Waals surface area contributed by atoms with Crippen LogP contribution < -0.4 is 10.1 Å². The highest BCUT2D eigenvalue weighted by molar-refractivity contribution is 5.76. The van der Waals surface area contributed by atoms with Gasteiger partial charge in [0.05, 0.1) is 7.11 Å². The molecular formula is C15H23NO2. The number of nitrogens with one attached hydrogen (secondary N) is 1. The lowest BCUT2D eigenvalue weighted by molar-refractivity contribution is -0.121. The Morgan fingerprint density at radius 1 is 1.33 bits per heavy atom. The number of aryl methyl sites for hydroxylation is 1. The lowest BCUT2D eigenvalue weighted by Crippen LogP contribution is -2.31. The summed E-state index contributed by atoms with van der Waals surface area (Å²) in [5, 5.41) is 2.98. The monoisotopic (exact) mass is 249 g/mol. The molecule has 0 saturated carbocycles. The van der Waals surface area contributed by atoms with Gasteiger partial charge in [0.2, 0.25) is 5.91 Å². The maximum Gasteiger partial charge on any atom is 0.220 e. The minimum Gasteiger partial charge on any atom is -0.497 e. The highest BCUT2D eigenvalue weighted by atomic mass is 16.5. The molecule has 1 amide bonds. The van der Waals surface area contributed by atoms with E-state index >= 15 is 0 Å². The molecule has 1 atom stereocenters. The Balaban J connectivity index is 2.26. The molecule has 0 radical (unpaired) electrons. The lowest BCUT2D eigenvalue weighted by atomic mass is 10.1. The number of hydrogen-bond donors (Lipinski definition) is 1. The number of benzene rings is 1. The zero-order chi connectivity index (χ0) is 13.4. The molecule has 100 valence electrons. The fraction of sp³-hybridized carbons (Fsp3) is 0.533. The Labute approximate surface area is 110 Å². The number of carbonyl (C=O) groups excluding carboxylic acids is 1. The Bertz CT molecular complexity index is 359. The van der Waals surface area contributed by atoms with Crippen molar-refractivity contribution < 1.29 is 9.53 Å². The highest BCUT2D eigenvalue weighted by Gasteiger charge is 2.05. The molecule has 0 saturated heterocycles. The zero-order valence-electron chi connectivity index (χ0n) is 11.5. The molecule has 1 N–H and O–H groups in total. The van der Waals surface area contributed by atoms with Crippen LogP contribution in [-0.4, -0.2) is 19.1 Å². The summed E-state index contributed by atoms with van der Waals surface area (Å²) < 4.78 is 5.10. The average molecular weight is 249 g/mol. The molecule has 0 unspecified atom stereocenters. The summed E-state index contributed by atoms with van der Waals surface area (Å²) in [6, 6.07) is 8.28. The third-order valence-corrected chi connectivity index (χ3v) is 3.05. The van der Waals surface area contributed by atoms with Gasteiger partial charge >= 0.3 is 0 Å². The average Bonchev–Trinajstić information content (AvgIpc) is 2.39. The van der Waals surface area contributed by atoms with Crippen LogP contribution in [-0.2, 0) is 11.2 Å². The Hall–Kier alpha value is -1.51. The number of carbonyl (C=O) groups is 1. The Morgan fingerprint density at radius 3 is 2.56 bits per heavy atom. The number of amides is 1. The molecule has 0 aliphatic carbocycles. The minimum atomic E-state index is 0.151. The first-order chi connectivity index (χ1) is 8.65. The van der Waals surface area contributed by atoms with E-state index in [2.05, 4.69) is 12.2 Å². The standard InChI is InChI=1S/C15H23NO2/c1-4-12(2)16-15(17)7-5-6-13-8-10-14(18-3)11-9-13/h8-12H,4-7H2,1-3H3,(H,16,17)/t12-/m0/s1. The van der Waals surface area contributed by atoms with Crippen LogP contribution in [0.4, 0.5) is 0 Å². The quantitative estimate of drug-likeness (QED) is 0.807. The zero-order valence-corrected chi connectivity index (χ0v) is 11.5. The number of methoxy groups -OCH3 is 1. The third-order valence-electron chi connectivity index (χ3n) is 3.05. The van der Waals surface area contributed by atoms with E-state index in [9.17, 15) is 4.79 Å². The Kier molecular flexibility index (Phi) is 6.26. The van der Waals surface area contributed by atoms with Crippen LogP contribution in [0.2, 0.25) is 0 Å². The van der Waals surface area contributed by atoms with E-state index in [0.29, 0.717) is 6.42 Å². The van der Waals surface area contributed by atoms with Crippen molar-refractivity contribution in [2.75, 3.05) is 7.11 Å². The molecule has 0 spiro atoms. The topological polar surface area (TPSA) is 38.3 Å².